The minimum atomic E-state index is 0.546. The van der Waals surface area contributed by atoms with Crippen molar-refractivity contribution in [2.45, 2.75) is 12.5 Å². The topological polar surface area (TPSA) is 47.3 Å². The van der Waals surface area contributed by atoms with E-state index in [2.05, 4.69) is 5.32 Å². The molecule has 1 fully saturated rings. The second-order valence-corrected chi connectivity index (χ2v) is 4.78. The van der Waals surface area contributed by atoms with Gasteiger partial charge in [-0.05, 0) is 24.3 Å². The number of nitrogens with one attached hydrogen (secondary N) is 1. The number of hydrogen-bond donors (Lipinski definition) is 2. The van der Waals surface area contributed by atoms with Crippen LogP contribution in [0.2, 0.25) is 0 Å². The highest BCUT2D eigenvalue weighted by Crippen LogP contribution is 2.31. The van der Waals surface area contributed by atoms with Crippen molar-refractivity contribution >= 4 is 23.1 Å². The molecule has 0 radical (unpaired) electrons. The zero-order valence-corrected chi connectivity index (χ0v) is 9.64. The Balaban J connectivity index is 2.13. The third-order valence-electron chi connectivity index (χ3n) is 2.58. The fourth-order valence-electron chi connectivity index (χ4n) is 1.72. The molecule has 2 rings (SSSR count). The second-order valence-electron chi connectivity index (χ2n) is 3.63. The molecule has 0 aromatic heterocycles. The van der Waals surface area contributed by atoms with Crippen LogP contribution in [0.3, 0.4) is 0 Å². The lowest BCUT2D eigenvalue weighted by Crippen LogP contribution is -2.19. The molecule has 0 spiro atoms. The first kappa shape index (κ1) is 10.5. The Morgan fingerprint density at radius 2 is 2.40 bits per heavy atom. The first-order valence-electron chi connectivity index (χ1n) is 5.08. The van der Waals surface area contributed by atoms with Crippen molar-refractivity contribution < 1.29 is 4.74 Å². The van der Waals surface area contributed by atoms with Crippen molar-refractivity contribution in [3.05, 3.63) is 18.2 Å². The predicted molar refractivity (Wildman–Crippen MR) is 66.8 cm³/mol. The van der Waals surface area contributed by atoms with E-state index in [1.165, 1.54) is 12.2 Å². The summed E-state index contributed by atoms with van der Waals surface area (Å²) in [6.45, 7) is 0. The average Bonchev–Trinajstić information content (AvgIpc) is 2.74. The largest absolute Gasteiger partial charge is 0.495 e. The lowest BCUT2D eigenvalue weighted by atomic mass is 10.2. The van der Waals surface area contributed by atoms with Crippen molar-refractivity contribution in [1.29, 1.82) is 0 Å². The van der Waals surface area contributed by atoms with E-state index in [0.29, 0.717) is 11.7 Å². The molecule has 1 aromatic carbocycles. The summed E-state index contributed by atoms with van der Waals surface area (Å²) in [7, 11) is 1.64. The molecular formula is C11H16N2OS. The van der Waals surface area contributed by atoms with Gasteiger partial charge in [0, 0.05) is 11.8 Å². The average molecular weight is 224 g/mol. The molecule has 1 heterocycles. The number of nitrogen functional groups attached to an aromatic ring is 1. The van der Waals surface area contributed by atoms with Gasteiger partial charge in [0.2, 0.25) is 0 Å². The van der Waals surface area contributed by atoms with E-state index in [4.69, 9.17) is 10.5 Å². The van der Waals surface area contributed by atoms with Crippen molar-refractivity contribution in [3.8, 4) is 5.75 Å². The summed E-state index contributed by atoms with van der Waals surface area (Å²) in [6.07, 6.45) is 1.21. The molecule has 0 saturated carbocycles. The molecule has 1 aliphatic rings. The summed E-state index contributed by atoms with van der Waals surface area (Å²) >= 11 is 1.98. The molecule has 82 valence electrons. The minimum absolute atomic E-state index is 0.546. The Morgan fingerprint density at radius 3 is 3.07 bits per heavy atom. The normalized spacial score (nSPS) is 20.2. The quantitative estimate of drug-likeness (QED) is 0.773. The molecule has 3 N–H and O–H groups in total. The summed E-state index contributed by atoms with van der Waals surface area (Å²) in [6, 6.07) is 6.38. The van der Waals surface area contributed by atoms with Gasteiger partial charge >= 0.3 is 0 Å². The zero-order chi connectivity index (χ0) is 10.7. The summed E-state index contributed by atoms with van der Waals surface area (Å²) in [4.78, 5) is 0. The van der Waals surface area contributed by atoms with Gasteiger partial charge in [0.15, 0.2) is 0 Å². The number of thioether (sulfide) groups is 1. The standard InChI is InChI=1S/C11H16N2OS/c1-14-10-4-2-3-9(11(10)12)13-8-5-6-15-7-8/h2-4,8,13H,5-7,12H2,1H3. The molecular weight excluding hydrogens is 208 g/mol. The molecule has 15 heavy (non-hydrogen) atoms. The van der Waals surface area contributed by atoms with Gasteiger partial charge in [-0.15, -0.1) is 0 Å². The van der Waals surface area contributed by atoms with Crippen LogP contribution in [0.5, 0.6) is 5.75 Å². The molecule has 4 heteroatoms. The molecule has 0 bridgehead atoms. The second kappa shape index (κ2) is 4.66. The molecule has 1 saturated heterocycles. The van der Waals surface area contributed by atoms with Gasteiger partial charge in [-0.1, -0.05) is 6.07 Å². The highest BCUT2D eigenvalue weighted by atomic mass is 32.2. The molecule has 1 aliphatic heterocycles. The van der Waals surface area contributed by atoms with Gasteiger partial charge in [0.25, 0.3) is 0 Å². The van der Waals surface area contributed by atoms with E-state index < -0.39 is 0 Å². The van der Waals surface area contributed by atoms with Crippen molar-refractivity contribution in [1.82, 2.24) is 0 Å². The van der Waals surface area contributed by atoms with Crippen LogP contribution in [0, 0.1) is 0 Å². The van der Waals surface area contributed by atoms with Crippen LogP contribution in [0.25, 0.3) is 0 Å². The third-order valence-corrected chi connectivity index (χ3v) is 3.74. The van der Waals surface area contributed by atoms with Gasteiger partial charge in [-0.2, -0.15) is 11.8 Å². The first-order chi connectivity index (χ1) is 7.31. The number of anilines is 2. The van der Waals surface area contributed by atoms with E-state index in [1.54, 1.807) is 7.11 Å². The summed E-state index contributed by atoms with van der Waals surface area (Å²) in [5.74, 6) is 3.14. The summed E-state index contributed by atoms with van der Waals surface area (Å²) in [5.41, 5.74) is 7.67. The SMILES string of the molecule is COc1cccc(NC2CCSC2)c1N. The Morgan fingerprint density at radius 1 is 1.53 bits per heavy atom. The van der Waals surface area contributed by atoms with Crippen LogP contribution in [0.1, 0.15) is 6.42 Å². The van der Waals surface area contributed by atoms with E-state index in [9.17, 15) is 0 Å². The van der Waals surface area contributed by atoms with Crippen molar-refractivity contribution in [2.24, 2.45) is 0 Å². The third kappa shape index (κ3) is 2.31. The van der Waals surface area contributed by atoms with Gasteiger partial charge < -0.3 is 15.8 Å². The van der Waals surface area contributed by atoms with E-state index >= 15 is 0 Å². The van der Waals surface area contributed by atoms with E-state index in [0.717, 1.165) is 17.2 Å². The fraction of sp³-hybridized carbons (Fsp3) is 0.455. The Labute approximate surface area is 94.4 Å². The lowest BCUT2D eigenvalue weighted by molar-refractivity contribution is 0.417. The van der Waals surface area contributed by atoms with Gasteiger partial charge in [0.1, 0.15) is 5.75 Å². The van der Waals surface area contributed by atoms with Crippen LogP contribution in [-0.4, -0.2) is 24.7 Å². The molecule has 0 amide bonds. The maximum Gasteiger partial charge on any atom is 0.143 e. The summed E-state index contributed by atoms with van der Waals surface area (Å²) < 4.78 is 5.18. The number of hydrogen-bond acceptors (Lipinski definition) is 4. The first-order valence-corrected chi connectivity index (χ1v) is 6.23. The number of nitrogens with two attached hydrogens (primary N) is 1. The van der Waals surface area contributed by atoms with Crippen molar-refractivity contribution in [2.75, 3.05) is 29.7 Å². The Bertz CT molecular complexity index is 337. The summed E-state index contributed by atoms with van der Waals surface area (Å²) in [5, 5.41) is 3.46. The smallest absolute Gasteiger partial charge is 0.143 e. The predicted octanol–water partition coefficient (Wildman–Crippen LogP) is 2.19. The molecule has 1 unspecified atom stereocenters. The number of rotatable bonds is 3. The maximum atomic E-state index is 5.98. The van der Waals surface area contributed by atoms with E-state index in [-0.39, 0.29) is 0 Å². The fourth-order valence-corrected chi connectivity index (χ4v) is 2.87. The lowest BCUT2D eigenvalue weighted by Gasteiger charge is -2.16. The van der Waals surface area contributed by atoms with Crippen LogP contribution in [0.15, 0.2) is 18.2 Å². The number of ether oxygens (including phenoxy) is 1. The van der Waals surface area contributed by atoms with Crippen LogP contribution >= 0.6 is 11.8 Å². The van der Waals surface area contributed by atoms with Crippen LogP contribution < -0.4 is 15.8 Å². The molecule has 3 nitrogen and oxygen atoms in total. The van der Waals surface area contributed by atoms with Gasteiger partial charge in [-0.3, -0.25) is 0 Å². The van der Waals surface area contributed by atoms with Crippen LogP contribution in [-0.2, 0) is 0 Å². The van der Waals surface area contributed by atoms with Gasteiger partial charge in [-0.25, -0.2) is 0 Å². The van der Waals surface area contributed by atoms with Crippen molar-refractivity contribution in [3.63, 3.8) is 0 Å². The molecule has 1 atom stereocenters. The monoisotopic (exact) mass is 224 g/mol. The highest BCUT2D eigenvalue weighted by molar-refractivity contribution is 7.99. The minimum Gasteiger partial charge on any atom is -0.495 e. The number of methoxy groups -OCH3 is 1. The maximum absolute atomic E-state index is 5.98. The molecule has 1 aromatic rings. The Kier molecular flexibility index (Phi) is 3.26. The van der Waals surface area contributed by atoms with E-state index in [1.807, 2.05) is 30.0 Å². The number of para-hydroxylation sites is 1. The Hall–Kier alpha value is -1.03. The zero-order valence-electron chi connectivity index (χ0n) is 8.82. The van der Waals surface area contributed by atoms with Crippen LogP contribution in [0.4, 0.5) is 11.4 Å². The van der Waals surface area contributed by atoms with Gasteiger partial charge in [0.05, 0.1) is 18.5 Å². The molecule has 0 aliphatic carbocycles. The number of benzene rings is 1. The highest BCUT2D eigenvalue weighted by Gasteiger charge is 2.16.